The smallest absolute Gasteiger partial charge is 0.244 e. The number of nitrogens with two attached hydrogens (primary N) is 1. The van der Waals surface area contributed by atoms with Gasteiger partial charge in [-0.05, 0) is 36.1 Å². The lowest BCUT2D eigenvalue weighted by Crippen LogP contribution is -2.26. The Balaban J connectivity index is 2.33. The van der Waals surface area contributed by atoms with Crippen molar-refractivity contribution in [2.45, 2.75) is 33.7 Å². The van der Waals surface area contributed by atoms with E-state index in [2.05, 4.69) is 10.1 Å². The summed E-state index contributed by atoms with van der Waals surface area (Å²) in [5.41, 5.74) is 7.16. The van der Waals surface area contributed by atoms with Gasteiger partial charge in [0.2, 0.25) is 11.7 Å². The lowest BCUT2D eigenvalue weighted by atomic mass is 9.87. The van der Waals surface area contributed by atoms with Crippen molar-refractivity contribution in [3.05, 3.63) is 35.5 Å². The molecule has 2 aromatic rings. The highest BCUT2D eigenvalue weighted by molar-refractivity contribution is 5.55. The second-order valence-corrected chi connectivity index (χ2v) is 5.76. The van der Waals surface area contributed by atoms with Crippen molar-refractivity contribution < 1.29 is 8.91 Å². The maximum Gasteiger partial charge on any atom is 0.244 e. The molecule has 1 aromatic carbocycles. The van der Waals surface area contributed by atoms with Gasteiger partial charge in [-0.2, -0.15) is 4.98 Å². The molecule has 1 atom stereocenters. The van der Waals surface area contributed by atoms with Gasteiger partial charge in [-0.1, -0.05) is 25.9 Å². The first-order valence-electron chi connectivity index (χ1n) is 6.15. The van der Waals surface area contributed by atoms with Gasteiger partial charge in [0.15, 0.2) is 0 Å². The van der Waals surface area contributed by atoms with Crippen molar-refractivity contribution in [1.29, 1.82) is 0 Å². The fourth-order valence-electron chi connectivity index (χ4n) is 1.63. The quantitative estimate of drug-likeness (QED) is 0.903. The molecule has 2 rings (SSSR count). The molecule has 0 aliphatic heterocycles. The summed E-state index contributed by atoms with van der Waals surface area (Å²) in [7, 11) is 0. The summed E-state index contributed by atoms with van der Waals surface area (Å²) in [5, 5.41) is 3.90. The summed E-state index contributed by atoms with van der Waals surface area (Å²) >= 11 is 0. The standard InChI is InChI=1S/C14H18FN3O/c1-8-7-9(5-6-10(8)15)12-17-13(19-18-12)11(16)14(2,3)4/h5-7,11H,16H2,1-4H3. The zero-order chi connectivity index (χ0) is 14.2. The van der Waals surface area contributed by atoms with Crippen molar-refractivity contribution in [1.82, 2.24) is 10.1 Å². The first kappa shape index (κ1) is 13.7. The lowest BCUT2D eigenvalue weighted by molar-refractivity contribution is 0.253. The van der Waals surface area contributed by atoms with Crippen LogP contribution in [0.2, 0.25) is 0 Å². The van der Waals surface area contributed by atoms with Crippen LogP contribution in [-0.2, 0) is 0 Å². The third kappa shape index (κ3) is 2.81. The molecule has 19 heavy (non-hydrogen) atoms. The molecule has 0 fully saturated rings. The molecule has 2 N–H and O–H groups in total. The van der Waals surface area contributed by atoms with E-state index < -0.39 is 0 Å². The van der Waals surface area contributed by atoms with E-state index in [0.717, 1.165) is 5.56 Å². The van der Waals surface area contributed by atoms with Crippen molar-refractivity contribution in [3.8, 4) is 11.4 Å². The van der Waals surface area contributed by atoms with Crippen molar-refractivity contribution in [2.24, 2.45) is 11.1 Å². The fraction of sp³-hybridized carbons (Fsp3) is 0.429. The SMILES string of the molecule is Cc1cc(-c2noc(C(N)C(C)(C)C)n2)ccc1F. The van der Waals surface area contributed by atoms with E-state index in [1.807, 2.05) is 20.8 Å². The van der Waals surface area contributed by atoms with E-state index in [9.17, 15) is 4.39 Å². The fourth-order valence-corrected chi connectivity index (χ4v) is 1.63. The molecule has 1 unspecified atom stereocenters. The summed E-state index contributed by atoms with van der Waals surface area (Å²) in [6.07, 6.45) is 0. The van der Waals surface area contributed by atoms with Gasteiger partial charge >= 0.3 is 0 Å². The minimum Gasteiger partial charge on any atom is -0.337 e. The van der Waals surface area contributed by atoms with E-state index >= 15 is 0 Å². The Bertz CT molecular complexity index is 587. The summed E-state index contributed by atoms with van der Waals surface area (Å²) in [6, 6.07) is 4.37. The van der Waals surface area contributed by atoms with E-state index in [4.69, 9.17) is 10.3 Å². The number of aryl methyl sites for hydroxylation is 1. The molecular formula is C14H18FN3O. The molecule has 0 bridgehead atoms. The zero-order valence-electron chi connectivity index (χ0n) is 11.6. The number of rotatable bonds is 2. The predicted molar refractivity (Wildman–Crippen MR) is 70.8 cm³/mol. The van der Waals surface area contributed by atoms with Crippen LogP contribution in [0.4, 0.5) is 4.39 Å². The Labute approximate surface area is 111 Å². The second kappa shape index (κ2) is 4.74. The largest absolute Gasteiger partial charge is 0.337 e. The number of hydrogen-bond donors (Lipinski definition) is 1. The van der Waals surface area contributed by atoms with Gasteiger partial charge in [-0.3, -0.25) is 0 Å². The monoisotopic (exact) mass is 263 g/mol. The van der Waals surface area contributed by atoms with Gasteiger partial charge in [0.05, 0.1) is 6.04 Å². The number of hydrogen-bond acceptors (Lipinski definition) is 4. The molecule has 0 aliphatic rings. The molecule has 1 heterocycles. The van der Waals surface area contributed by atoms with Crippen LogP contribution in [0.5, 0.6) is 0 Å². The maximum atomic E-state index is 13.2. The molecule has 0 saturated heterocycles. The number of aromatic nitrogens is 2. The summed E-state index contributed by atoms with van der Waals surface area (Å²) in [5.74, 6) is 0.570. The Morgan fingerprint density at radius 2 is 2.00 bits per heavy atom. The summed E-state index contributed by atoms with van der Waals surface area (Å²) in [4.78, 5) is 4.29. The Hall–Kier alpha value is -1.75. The van der Waals surface area contributed by atoms with Crippen LogP contribution >= 0.6 is 0 Å². The Morgan fingerprint density at radius 1 is 1.32 bits per heavy atom. The summed E-state index contributed by atoms with van der Waals surface area (Å²) in [6.45, 7) is 7.71. The zero-order valence-corrected chi connectivity index (χ0v) is 11.6. The molecule has 0 saturated carbocycles. The molecule has 0 aliphatic carbocycles. The topological polar surface area (TPSA) is 64.9 Å². The molecule has 1 aromatic heterocycles. The Morgan fingerprint density at radius 3 is 2.58 bits per heavy atom. The van der Waals surface area contributed by atoms with Crippen molar-refractivity contribution in [2.75, 3.05) is 0 Å². The number of benzene rings is 1. The van der Waals surface area contributed by atoms with Crippen molar-refractivity contribution >= 4 is 0 Å². The van der Waals surface area contributed by atoms with Gasteiger partial charge in [0.1, 0.15) is 5.82 Å². The lowest BCUT2D eigenvalue weighted by Gasteiger charge is -2.23. The van der Waals surface area contributed by atoms with Crippen LogP contribution in [-0.4, -0.2) is 10.1 Å². The normalized spacial score (nSPS) is 13.6. The summed E-state index contributed by atoms with van der Waals surface area (Å²) < 4.78 is 18.4. The van der Waals surface area contributed by atoms with Gasteiger partial charge in [-0.15, -0.1) is 0 Å². The van der Waals surface area contributed by atoms with Gasteiger partial charge < -0.3 is 10.3 Å². The maximum absolute atomic E-state index is 13.2. The van der Waals surface area contributed by atoms with E-state index in [-0.39, 0.29) is 17.3 Å². The van der Waals surface area contributed by atoms with Gasteiger partial charge in [0.25, 0.3) is 0 Å². The third-order valence-electron chi connectivity index (χ3n) is 3.06. The average molecular weight is 263 g/mol. The average Bonchev–Trinajstić information content (AvgIpc) is 2.79. The number of halogens is 1. The Kier molecular flexibility index (Phi) is 3.41. The molecule has 5 heteroatoms. The van der Waals surface area contributed by atoms with Gasteiger partial charge in [0, 0.05) is 5.56 Å². The highest BCUT2D eigenvalue weighted by Crippen LogP contribution is 2.30. The van der Waals surface area contributed by atoms with Crippen molar-refractivity contribution in [3.63, 3.8) is 0 Å². The molecule has 0 amide bonds. The van der Waals surface area contributed by atoms with E-state index in [0.29, 0.717) is 17.3 Å². The van der Waals surface area contributed by atoms with Crippen LogP contribution in [0.15, 0.2) is 22.7 Å². The highest BCUT2D eigenvalue weighted by atomic mass is 19.1. The van der Waals surface area contributed by atoms with Crippen LogP contribution in [0.25, 0.3) is 11.4 Å². The van der Waals surface area contributed by atoms with Crippen LogP contribution in [0.3, 0.4) is 0 Å². The minimum atomic E-state index is -0.338. The van der Waals surface area contributed by atoms with Crippen LogP contribution in [0.1, 0.15) is 38.3 Å². The molecule has 0 spiro atoms. The predicted octanol–water partition coefficient (Wildman–Crippen LogP) is 3.23. The third-order valence-corrected chi connectivity index (χ3v) is 3.06. The first-order valence-corrected chi connectivity index (χ1v) is 6.15. The van der Waals surface area contributed by atoms with Crippen LogP contribution < -0.4 is 5.73 Å². The van der Waals surface area contributed by atoms with E-state index in [1.54, 1.807) is 19.1 Å². The minimum absolute atomic E-state index is 0.164. The molecule has 0 radical (unpaired) electrons. The number of nitrogens with zero attached hydrogens (tertiary/aromatic N) is 2. The van der Waals surface area contributed by atoms with Gasteiger partial charge in [-0.25, -0.2) is 4.39 Å². The first-order chi connectivity index (χ1) is 8.79. The second-order valence-electron chi connectivity index (χ2n) is 5.76. The van der Waals surface area contributed by atoms with Crippen LogP contribution in [0, 0.1) is 18.2 Å². The molecule has 102 valence electrons. The van der Waals surface area contributed by atoms with E-state index in [1.165, 1.54) is 6.07 Å². The molecular weight excluding hydrogens is 245 g/mol. The highest BCUT2D eigenvalue weighted by Gasteiger charge is 2.27. The molecule has 4 nitrogen and oxygen atoms in total.